The Hall–Kier alpha value is -1.66. The number of nitrogens with one attached hydrogen (secondary N) is 1. The molecule has 0 amide bonds. The van der Waals surface area contributed by atoms with E-state index in [2.05, 4.69) is 10.1 Å². The fourth-order valence-electron chi connectivity index (χ4n) is 1.73. The zero-order chi connectivity index (χ0) is 12.3. The summed E-state index contributed by atoms with van der Waals surface area (Å²) in [6.07, 6.45) is 1.56. The molecule has 2 rings (SSSR count). The van der Waals surface area contributed by atoms with Gasteiger partial charge in [-0.15, -0.1) is 0 Å². The highest BCUT2D eigenvalue weighted by Crippen LogP contribution is 2.04. The van der Waals surface area contributed by atoms with Gasteiger partial charge >= 0.3 is 0 Å². The van der Waals surface area contributed by atoms with Crippen molar-refractivity contribution in [3.05, 3.63) is 33.9 Å². The van der Waals surface area contributed by atoms with Crippen LogP contribution in [0.2, 0.25) is 0 Å². The van der Waals surface area contributed by atoms with Gasteiger partial charge in [0, 0.05) is 24.9 Å². The molecule has 17 heavy (non-hydrogen) atoms. The van der Waals surface area contributed by atoms with Crippen LogP contribution in [0.25, 0.3) is 5.65 Å². The lowest BCUT2D eigenvalue weighted by molar-refractivity contribution is 0.181. The lowest BCUT2D eigenvalue weighted by Gasteiger charge is -1.99. The average molecular weight is 236 g/mol. The number of rotatable bonds is 5. The average Bonchev–Trinajstić information content (AvgIpc) is 2.70. The first-order valence-corrected chi connectivity index (χ1v) is 5.54. The highest BCUT2D eigenvalue weighted by molar-refractivity contribution is 5.39. The lowest BCUT2D eigenvalue weighted by atomic mass is 10.2. The molecule has 0 aliphatic carbocycles. The van der Waals surface area contributed by atoms with E-state index in [9.17, 15) is 4.79 Å². The predicted octanol–water partition coefficient (Wildman–Crippen LogP) is 0.0603. The van der Waals surface area contributed by atoms with Gasteiger partial charge in [0.15, 0.2) is 5.65 Å². The Morgan fingerprint density at radius 2 is 2.35 bits per heavy atom. The summed E-state index contributed by atoms with van der Waals surface area (Å²) < 4.78 is 6.42. The zero-order valence-electron chi connectivity index (χ0n) is 9.77. The largest absolute Gasteiger partial charge is 0.378 e. The van der Waals surface area contributed by atoms with Crippen molar-refractivity contribution in [1.82, 2.24) is 14.6 Å². The van der Waals surface area contributed by atoms with Gasteiger partial charge in [-0.05, 0) is 19.4 Å². The van der Waals surface area contributed by atoms with Crippen molar-refractivity contribution in [2.24, 2.45) is 5.73 Å². The number of nitrogens with two attached hydrogens (primary N) is 1. The van der Waals surface area contributed by atoms with Gasteiger partial charge in [-0.3, -0.25) is 9.89 Å². The number of methoxy groups -OCH3 is 1. The van der Waals surface area contributed by atoms with Crippen molar-refractivity contribution in [2.75, 3.05) is 13.7 Å². The van der Waals surface area contributed by atoms with Gasteiger partial charge < -0.3 is 10.5 Å². The van der Waals surface area contributed by atoms with E-state index in [1.165, 1.54) is 10.6 Å². The molecule has 0 saturated heterocycles. The van der Waals surface area contributed by atoms with Gasteiger partial charge in [0.25, 0.3) is 5.56 Å². The van der Waals surface area contributed by atoms with Crippen LogP contribution in [0.1, 0.15) is 17.8 Å². The van der Waals surface area contributed by atoms with Crippen molar-refractivity contribution in [3.63, 3.8) is 0 Å². The van der Waals surface area contributed by atoms with Crippen LogP contribution < -0.4 is 11.3 Å². The van der Waals surface area contributed by atoms with E-state index >= 15 is 0 Å². The van der Waals surface area contributed by atoms with Crippen LogP contribution in [-0.4, -0.2) is 28.3 Å². The Kier molecular flexibility index (Phi) is 3.55. The van der Waals surface area contributed by atoms with Gasteiger partial charge in [-0.25, -0.2) is 9.50 Å². The second kappa shape index (κ2) is 5.11. The lowest BCUT2D eigenvalue weighted by Crippen LogP contribution is -2.16. The molecule has 0 radical (unpaired) electrons. The van der Waals surface area contributed by atoms with Gasteiger partial charge in [0.05, 0.1) is 12.3 Å². The van der Waals surface area contributed by atoms with Crippen LogP contribution in [0.5, 0.6) is 0 Å². The SMILES string of the molecule is COCc1cc2nc(CCCN)cc(=O)n2[nH]1. The molecule has 2 aromatic rings. The van der Waals surface area contributed by atoms with Crippen molar-refractivity contribution >= 4 is 5.65 Å². The first kappa shape index (κ1) is 11.8. The normalized spacial score (nSPS) is 11.2. The third kappa shape index (κ3) is 2.54. The second-order valence-electron chi connectivity index (χ2n) is 3.89. The van der Waals surface area contributed by atoms with Crippen LogP contribution in [0, 0.1) is 0 Å². The Morgan fingerprint density at radius 3 is 3.06 bits per heavy atom. The number of aryl methyl sites for hydroxylation is 1. The van der Waals surface area contributed by atoms with E-state index in [4.69, 9.17) is 10.5 Å². The van der Waals surface area contributed by atoms with Crippen LogP contribution >= 0.6 is 0 Å². The number of hydrogen-bond donors (Lipinski definition) is 2. The smallest absolute Gasteiger partial charge is 0.272 e. The van der Waals surface area contributed by atoms with E-state index in [1.54, 1.807) is 7.11 Å². The third-order valence-corrected chi connectivity index (χ3v) is 2.49. The topological polar surface area (TPSA) is 85.4 Å². The molecule has 3 N–H and O–H groups in total. The summed E-state index contributed by atoms with van der Waals surface area (Å²) in [5.41, 5.74) is 7.56. The maximum absolute atomic E-state index is 11.8. The Labute approximate surface area is 98.4 Å². The molecule has 6 heteroatoms. The summed E-state index contributed by atoms with van der Waals surface area (Å²) in [4.78, 5) is 16.2. The molecule has 92 valence electrons. The van der Waals surface area contributed by atoms with Crippen molar-refractivity contribution in [1.29, 1.82) is 0 Å². The molecule has 2 aromatic heterocycles. The van der Waals surface area contributed by atoms with E-state index in [1.807, 2.05) is 6.07 Å². The maximum atomic E-state index is 11.8. The second-order valence-corrected chi connectivity index (χ2v) is 3.89. The minimum absolute atomic E-state index is 0.107. The van der Waals surface area contributed by atoms with E-state index in [-0.39, 0.29) is 5.56 Å². The van der Waals surface area contributed by atoms with Crippen LogP contribution in [0.4, 0.5) is 0 Å². The number of H-pyrrole nitrogens is 1. The van der Waals surface area contributed by atoms with Gasteiger partial charge in [0.1, 0.15) is 0 Å². The minimum atomic E-state index is -0.107. The quantitative estimate of drug-likeness (QED) is 0.768. The number of aromatic amines is 1. The molecule has 0 saturated carbocycles. The molecule has 0 atom stereocenters. The Morgan fingerprint density at radius 1 is 1.53 bits per heavy atom. The third-order valence-electron chi connectivity index (χ3n) is 2.49. The van der Waals surface area contributed by atoms with Gasteiger partial charge in [-0.1, -0.05) is 0 Å². The van der Waals surface area contributed by atoms with Crippen molar-refractivity contribution < 1.29 is 4.74 Å². The molecule has 0 spiro atoms. The van der Waals surface area contributed by atoms with Crippen LogP contribution in [0.15, 0.2) is 16.9 Å². The monoisotopic (exact) mass is 236 g/mol. The van der Waals surface area contributed by atoms with E-state index in [0.717, 1.165) is 24.2 Å². The summed E-state index contributed by atoms with van der Waals surface area (Å²) in [5, 5.41) is 2.94. The summed E-state index contributed by atoms with van der Waals surface area (Å²) in [7, 11) is 1.61. The number of hydrogen-bond acceptors (Lipinski definition) is 4. The van der Waals surface area contributed by atoms with Gasteiger partial charge in [-0.2, -0.15) is 0 Å². The highest BCUT2D eigenvalue weighted by atomic mass is 16.5. The molecule has 0 aromatic carbocycles. The summed E-state index contributed by atoms with van der Waals surface area (Å²) in [5.74, 6) is 0. The Balaban J connectivity index is 2.38. The van der Waals surface area contributed by atoms with Gasteiger partial charge in [0.2, 0.25) is 0 Å². The molecule has 0 aliphatic rings. The van der Waals surface area contributed by atoms with Crippen LogP contribution in [0.3, 0.4) is 0 Å². The number of nitrogens with zero attached hydrogens (tertiary/aromatic N) is 2. The molecular weight excluding hydrogens is 220 g/mol. The first-order chi connectivity index (χ1) is 8.24. The minimum Gasteiger partial charge on any atom is -0.378 e. The highest BCUT2D eigenvalue weighted by Gasteiger charge is 2.05. The summed E-state index contributed by atoms with van der Waals surface area (Å²) in [6, 6.07) is 3.35. The molecule has 2 heterocycles. The molecule has 0 unspecified atom stereocenters. The fraction of sp³-hybridized carbons (Fsp3) is 0.455. The van der Waals surface area contributed by atoms with Crippen LogP contribution in [-0.2, 0) is 17.8 Å². The molecule has 0 bridgehead atoms. The first-order valence-electron chi connectivity index (χ1n) is 5.54. The number of fused-ring (bicyclic) bond motifs is 1. The molecular formula is C11H16N4O2. The van der Waals surface area contributed by atoms with E-state index < -0.39 is 0 Å². The Bertz CT molecular complexity index is 558. The summed E-state index contributed by atoms with van der Waals surface area (Å²) >= 11 is 0. The predicted molar refractivity (Wildman–Crippen MR) is 63.9 cm³/mol. The summed E-state index contributed by atoms with van der Waals surface area (Å²) in [6.45, 7) is 1.03. The maximum Gasteiger partial charge on any atom is 0.272 e. The standard InChI is InChI=1S/C11H16N4O2/c1-17-7-9-5-10-13-8(3-2-4-12)6-11(16)15(10)14-9/h5-6,14H,2-4,7,12H2,1H3. The molecule has 0 aliphatic heterocycles. The van der Waals surface area contributed by atoms with Crippen molar-refractivity contribution in [3.8, 4) is 0 Å². The fourth-order valence-corrected chi connectivity index (χ4v) is 1.73. The molecule has 6 nitrogen and oxygen atoms in total. The van der Waals surface area contributed by atoms with E-state index in [0.29, 0.717) is 18.8 Å². The zero-order valence-corrected chi connectivity index (χ0v) is 9.77. The number of ether oxygens (including phenoxy) is 1. The number of aromatic nitrogens is 3. The molecule has 0 fully saturated rings. The van der Waals surface area contributed by atoms with Crippen molar-refractivity contribution in [2.45, 2.75) is 19.4 Å².